The topological polar surface area (TPSA) is 66.8 Å². The lowest BCUT2D eigenvalue weighted by atomic mass is 10.1. The molecule has 1 unspecified atom stereocenters. The van der Waals surface area contributed by atoms with Gasteiger partial charge in [-0.1, -0.05) is 22.0 Å². The Kier molecular flexibility index (Phi) is 7.68. The second-order valence-electron chi connectivity index (χ2n) is 5.07. The monoisotopic (exact) mass is 391 g/mol. The van der Waals surface area contributed by atoms with Gasteiger partial charge >= 0.3 is 5.97 Å². The van der Waals surface area contributed by atoms with E-state index < -0.39 is 11.9 Å². The average Bonchev–Trinajstić information content (AvgIpc) is 2.93. The summed E-state index contributed by atoms with van der Waals surface area (Å²) in [4.78, 5) is 24.4. The minimum atomic E-state index is -0.816. The van der Waals surface area contributed by atoms with Gasteiger partial charge in [-0.25, -0.2) is 0 Å². The van der Waals surface area contributed by atoms with Crippen LogP contribution in [0.4, 0.5) is 0 Å². The average molecular weight is 393 g/mol. The lowest BCUT2D eigenvalue weighted by Gasteiger charge is -2.15. The number of carbonyl (C=O) groups is 2. The number of ether oxygens (including phenoxy) is 1. The van der Waals surface area contributed by atoms with Gasteiger partial charge in [0.15, 0.2) is 0 Å². The summed E-state index contributed by atoms with van der Waals surface area (Å²) >= 11 is 3.37. The van der Waals surface area contributed by atoms with Crippen molar-refractivity contribution < 1.29 is 19.4 Å². The van der Waals surface area contributed by atoms with Crippen LogP contribution >= 0.6 is 28.3 Å². The van der Waals surface area contributed by atoms with E-state index in [0.717, 1.165) is 10.2 Å². The van der Waals surface area contributed by atoms with Crippen LogP contribution in [-0.4, -0.2) is 41.6 Å². The Hall–Kier alpha value is -1.27. The van der Waals surface area contributed by atoms with Gasteiger partial charge in [-0.05, 0) is 31.0 Å². The molecule has 1 aromatic rings. The van der Waals surface area contributed by atoms with E-state index in [9.17, 15) is 9.59 Å². The normalized spacial score (nSPS) is 17.0. The van der Waals surface area contributed by atoms with Crippen molar-refractivity contribution in [1.82, 2.24) is 4.90 Å². The predicted octanol–water partition coefficient (Wildman–Crippen LogP) is 2.96. The van der Waals surface area contributed by atoms with Crippen LogP contribution in [0.3, 0.4) is 0 Å². The quantitative estimate of drug-likeness (QED) is 0.756. The Morgan fingerprint density at radius 3 is 2.82 bits per heavy atom. The van der Waals surface area contributed by atoms with Gasteiger partial charge in [0, 0.05) is 24.0 Å². The molecule has 122 valence electrons. The zero-order valence-electron chi connectivity index (χ0n) is 12.0. The fourth-order valence-electron chi connectivity index (χ4n) is 2.32. The van der Waals surface area contributed by atoms with Crippen molar-refractivity contribution in [2.24, 2.45) is 5.92 Å². The highest BCUT2D eigenvalue weighted by Crippen LogP contribution is 2.19. The van der Waals surface area contributed by atoms with Crippen LogP contribution in [0.15, 0.2) is 28.7 Å². The first-order valence-corrected chi connectivity index (χ1v) is 7.74. The predicted molar refractivity (Wildman–Crippen MR) is 88.4 cm³/mol. The molecule has 0 saturated carbocycles. The molecule has 1 atom stereocenters. The van der Waals surface area contributed by atoms with E-state index >= 15 is 0 Å². The summed E-state index contributed by atoms with van der Waals surface area (Å²) in [6.07, 6.45) is 1.57. The summed E-state index contributed by atoms with van der Waals surface area (Å²) in [5.74, 6) is -0.448. The molecule has 7 heteroatoms. The van der Waals surface area contributed by atoms with Gasteiger partial charge in [-0.2, -0.15) is 0 Å². The lowest BCUT2D eigenvalue weighted by Crippen LogP contribution is -2.30. The minimum Gasteiger partial charge on any atom is -0.494 e. The van der Waals surface area contributed by atoms with E-state index in [1.54, 1.807) is 4.90 Å². The summed E-state index contributed by atoms with van der Waals surface area (Å²) in [5, 5.41) is 8.91. The maximum absolute atomic E-state index is 11.9. The van der Waals surface area contributed by atoms with Gasteiger partial charge in [-0.3, -0.25) is 9.59 Å². The smallest absolute Gasteiger partial charge is 0.308 e. The highest BCUT2D eigenvalue weighted by Gasteiger charge is 2.30. The fourth-order valence-corrected chi connectivity index (χ4v) is 2.69. The van der Waals surface area contributed by atoms with E-state index in [1.807, 2.05) is 24.3 Å². The maximum atomic E-state index is 11.9. The van der Waals surface area contributed by atoms with E-state index in [-0.39, 0.29) is 18.3 Å². The molecule has 1 saturated heterocycles. The summed E-state index contributed by atoms with van der Waals surface area (Å²) < 4.78 is 6.52. The van der Waals surface area contributed by atoms with Gasteiger partial charge in [0.2, 0.25) is 5.91 Å². The number of aliphatic carboxylic acids is 1. The minimum absolute atomic E-state index is 0. The standard InChI is InChI=1S/C15H18BrNO4.ClH/c16-12-3-1-4-13(9-12)21-8-2-5-14(18)17-7-6-11(10-17)15(19)20;/h1,3-4,9,11H,2,5-8,10H2,(H,19,20);1H. The third-order valence-corrected chi connectivity index (χ3v) is 3.98. The molecule has 0 aromatic heterocycles. The number of hydrogen-bond donors (Lipinski definition) is 1. The largest absolute Gasteiger partial charge is 0.494 e. The molecular weight excluding hydrogens is 374 g/mol. The number of carboxylic acid groups (broad SMARTS) is 1. The summed E-state index contributed by atoms with van der Waals surface area (Å²) in [6.45, 7) is 1.35. The van der Waals surface area contributed by atoms with E-state index in [4.69, 9.17) is 9.84 Å². The first-order valence-electron chi connectivity index (χ1n) is 6.95. The van der Waals surface area contributed by atoms with Crippen LogP contribution in [0.25, 0.3) is 0 Å². The Morgan fingerprint density at radius 2 is 2.18 bits per heavy atom. The molecule has 0 spiro atoms. The molecule has 1 aromatic carbocycles. The second kappa shape index (κ2) is 9.00. The van der Waals surface area contributed by atoms with Crippen molar-refractivity contribution in [1.29, 1.82) is 0 Å². The van der Waals surface area contributed by atoms with Crippen LogP contribution in [0.2, 0.25) is 0 Å². The van der Waals surface area contributed by atoms with Gasteiger partial charge in [0.1, 0.15) is 5.75 Å². The Labute approximate surface area is 144 Å². The summed E-state index contributed by atoms with van der Waals surface area (Å²) in [7, 11) is 0. The molecule has 2 rings (SSSR count). The molecule has 5 nitrogen and oxygen atoms in total. The zero-order valence-corrected chi connectivity index (χ0v) is 14.4. The van der Waals surface area contributed by atoms with Crippen molar-refractivity contribution in [3.63, 3.8) is 0 Å². The molecule has 1 amide bonds. The van der Waals surface area contributed by atoms with Gasteiger partial charge in [-0.15, -0.1) is 12.4 Å². The first kappa shape index (κ1) is 18.8. The van der Waals surface area contributed by atoms with Gasteiger partial charge in [0.25, 0.3) is 0 Å². The van der Waals surface area contributed by atoms with Crippen molar-refractivity contribution in [2.75, 3.05) is 19.7 Å². The maximum Gasteiger partial charge on any atom is 0.308 e. The van der Waals surface area contributed by atoms with Crippen LogP contribution in [0.5, 0.6) is 5.75 Å². The number of likely N-dealkylation sites (tertiary alicyclic amines) is 1. The van der Waals surface area contributed by atoms with Crippen LogP contribution in [0.1, 0.15) is 19.3 Å². The van der Waals surface area contributed by atoms with Crippen molar-refractivity contribution >= 4 is 40.2 Å². The first-order chi connectivity index (χ1) is 10.1. The highest BCUT2D eigenvalue weighted by atomic mass is 79.9. The SMILES string of the molecule is Cl.O=C(O)C1CCN(C(=O)CCCOc2cccc(Br)c2)C1. The Balaban J connectivity index is 0.00000242. The molecule has 1 N–H and O–H groups in total. The van der Waals surface area contributed by atoms with E-state index in [2.05, 4.69) is 15.9 Å². The number of benzene rings is 1. The molecule has 1 fully saturated rings. The molecule has 0 radical (unpaired) electrons. The van der Waals surface area contributed by atoms with Crippen molar-refractivity contribution in [3.05, 3.63) is 28.7 Å². The number of rotatable bonds is 6. The molecule has 1 aliphatic heterocycles. The summed E-state index contributed by atoms with van der Waals surface area (Å²) in [5.41, 5.74) is 0. The third-order valence-electron chi connectivity index (χ3n) is 3.49. The highest BCUT2D eigenvalue weighted by molar-refractivity contribution is 9.10. The van der Waals surface area contributed by atoms with Gasteiger partial charge < -0.3 is 14.7 Å². The number of nitrogens with zero attached hydrogens (tertiary/aromatic N) is 1. The fraction of sp³-hybridized carbons (Fsp3) is 0.467. The molecule has 0 bridgehead atoms. The van der Waals surface area contributed by atoms with E-state index in [0.29, 0.717) is 39.0 Å². The number of amides is 1. The number of carbonyl (C=O) groups excluding carboxylic acids is 1. The molecule has 1 aliphatic rings. The molecular formula is C15H19BrClNO4. The van der Waals surface area contributed by atoms with E-state index in [1.165, 1.54) is 0 Å². The third kappa shape index (κ3) is 5.50. The molecule has 22 heavy (non-hydrogen) atoms. The van der Waals surface area contributed by atoms with Crippen LogP contribution in [-0.2, 0) is 9.59 Å². The second-order valence-corrected chi connectivity index (χ2v) is 5.99. The Bertz CT molecular complexity index is 526. The van der Waals surface area contributed by atoms with Crippen LogP contribution < -0.4 is 4.74 Å². The molecule has 1 heterocycles. The summed E-state index contributed by atoms with van der Waals surface area (Å²) in [6, 6.07) is 7.55. The number of halogens is 2. The molecule has 0 aliphatic carbocycles. The van der Waals surface area contributed by atoms with Gasteiger partial charge in [0.05, 0.1) is 12.5 Å². The van der Waals surface area contributed by atoms with Crippen LogP contribution in [0, 0.1) is 5.92 Å². The zero-order chi connectivity index (χ0) is 15.2. The lowest BCUT2D eigenvalue weighted by molar-refractivity contribution is -0.141. The number of hydrogen-bond acceptors (Lipinski definition) is 3. The Morgan fingerprint density at radius 1 is 1.41 bits per heavy atom. The van der Waals surface area contributed by atoms with Crippen molar-refractivity contribution in [3.8, 4) is 5.75 Å². The van der Waals surface area contributed by atoms with Crippen molar-refractivity contribution in [2.45, 2.75) is 19.3 Å². The number of carboxylic acids is 1.